The maximum atomic E-state index is 12.0. The molecule has 3 rings (SSSR count). The van der Waals surface area contributed by atoms with Crippen LogP contribution in [0.15, 0.2) is 66.7 Å². The molecule has 138 valence electrons. The monoisotopic (exact) mass is 362 g/mol. The molecule has 0 radical (unpaired) electrons. The highest BCUT2D eigenvalue weighted by atomic mass is 16.5. The molecule has 0 saturated heterocycles. The minimum absolute atomic E-state index is 0.0992. The van der Waals surface area contributed by atoms with Gasteiger partial charge in [0.2, 0.25) is 5.91 Å². The Morgan fingerprint density at radius 3 is 2.44 bits per heavy atom. The molecule has 27 heavy (non-hydrogen) atoms. The SMILES string of the molecule is CCc1ccccc1NC(=O)CNC(=O)COc1ccc2ccccc2c1. The van der Waals surface area contributed by atoms with Crippen LogP contribution in [0.4, 0.5) is 5.69 Å². The Labute approximate surface area is 158 Å². The van der Waals surface area contributed by atoms with Gasteiger partial charge in [-0.05, 0) is 41.0 Å². The normalized spacial score (nSPS) is 10.4. The van der Waals surface area contributed by atoms with Crippen LogP contribution in [-0.4, -0.2) is 25.0 Å². The van der Waals surface area contributed by atoms with E-state index >= 15 is 0 Å². The molecule has 0 spiro atoms. The zero-order valence-corrected chi connectivity index (χ0v) is 15.2. The molecule has 3 aromatic rings. The summed E-state index contributed by atoms with van der Waals surface area (Å²) in [6.07, 6.45) is 0.822. The summed E-state index contributed by atoms with van der Waals surface area (Å²) >= 11 is 0. The predicted molar refractivity (Wildman–Crippen MR) is 107 cm³/mol. The highest BCUT2D eigenvalue weighted by molar-refractivity contribution is 5.95. The average Bonchev–Trinajstić information content (AvgIpc) is 2.71. The van der Waals surface area contributed by atoms with Crippen molar-refractivity contribution < 1.29 is 14.3 Å². The summed E-state index contributed by atoms with van der Waals surface area (Å²) < 4.78 is 5.52. The first kappa shape index (κ1) is 18.5. The predicted octanol–water partition coefficient (Wildman–Crippen LogP) is 3.54. The molecule has 0 bridgehead atoms. The molecule has 0 atom stereocenters. The van der Waals surface area contributed by atoms with Crippen LogP contribution in [0.5, 0.6) is 5.75 Å². The van der Waals surface area contributed by atoms with E-state index in [4.69, 9.17) is 4.74 Å². The van der Waals surface area contributed by atoms with Crippen LogP contribution in [0.3, 0.4) is 0 Å². The summed E-state index contributed by atoms with van der Waals surface area (Å²) in [6, 6.07) is 21.2. The van der Waals surface area contributed by atoms with E-state index in [1.165, 1.54) is 0 Å². The van der Waals surface area contributed by atoms with Crippen molar-refractivity contribution >= 4 is 28.3 Å². The lowest BCUT2D eigenvalue weighted by Gasteiger charge is -2.11. The summed E-state index contributed by atoms with van der Waals surface area (Å²) in [5.41, 5.74) is 1.82. The third kappa shape index (κ3) is 5.07. The fourth-order valence-corrected chi connectivity index (χ4v) is 2.78. The number of rotatable bonds is 7. The van der Waals surface area contributed by atoms with E-state index in [1.807, 2.05) is 73.7 Å². The minimum atomic E-state index is -0.345. The van der Waals surface area contributed by atoms with Gasteiger partial charge in [0.25, 0.3) is 5.91 Å². The summed E-state index contributed by atoms with van der Waals surface area (Å²) in [4.78, 5) is 24.0. The molecule has 0 saturated carbocycles. The van der Waals surface area contributed by atoms with Gasteiger partial charge in [-0.25, -0.2) is 0 Å². The van der Waals surface area contributed by atoms with E-state index < -0.39 is 0 Å². The van der Waals surface area contributed by atoms with Crippen LogP contribution in [0.25, 0.3) is 10.8 Å². The van der Waals surface area contributed by atoms with Gasteiger partial charge < -0.3 is 15.4 Å². The quantitative estimate of drug-likeness (QED) is 0.676. The Morgan fingerprint density at radius 1 is 0.889 bits per heavy atom. The molecule has 2 amide bonds. The maximum Gasteiger partial charge on any atom is 0.258 e. The Balaban J connectivity index is 1.46. The van der Waals surface area contributed by atoms with Gasteiger partial charge >= 0.3 is 0 Å². The smallest absolute Gasteiger partial charge is 0.258 e. The fourth-order valence-electron chi connectivity index (χ4n) is 2.78. The van der Waals surface area contributed by atoms with Crippen molar-refractivity contribution in [1.29, 1.82) is 0 Å². The first-order chi connectivity index (χ1) is 13.2. The van der Waals surface area contributed by atoms with Crippen LogP contribution in [0.2, 0.25) is 0 Å². The number of amides is 2. The lowest BCUT2D eigenvalue weighted by Crippen LogP contribution is -2.35. The maximum absolute atomic E-state index is 12.0. The largest absolute Gasteiger partial charge is 0.484 e. The number of anilines is 1. The number of ether oxygens (including phenoxy) is 1. The number of hydrogen-bond donors (Lipinski definition) is 2. The summed E-state index contributed by atoms with van der Waals surface area (Å²) in [6.45, 7) is 1.78. The van der Waals surface area contributed by atoms with Crippen molar-refractivity contribution in [2.45, 2.75) is 13.3 Å². The third-order valence-electron chi connectivity index (χ3n) is 4.21. The van der Waals surface area contributed by atoms with Crippen molar-refractivity contribution in [3.05, 3.63) is 72.3 Å². The van der Waals surface area contributed by atoms with Gasteiger partial charge in [0.15, 0.2) is 6.61 Å². The number of aryl methyl sites for hydroxylation is 1. The molecule has 0 heterocycles. The van der Waals surface area contributed by atoms with Gasteiger partial charge in [-0.3, -0.25) is 9.59 Å². The number of fused-ring (bicyclic) bond motifs is 1. The van der Waals surface area contributed by atoms with Crippen molar-refractivity contribution in [3.8, 4) is 5.75 Å². The van der Waals surface area contributed by atoms with Gasteiger partial charge in [-0.15, -0.1) is 0 Å². The lowest BCUT2D eigenvalue weighted by atomic mass is 10.1. The Hall–Kier alpha value is -3.34. The number of carbonyl (C=O) groups excluding carboxylic acids is 2. The molecule has 0 unspecified atom stereocenters. The van der Waals surface area contributed by atoms with Gasteiger partial charge in [0.1, 0.15) is 5.75 Å². The molecule has 0 fully saturated rings. The summed E-state index contributed by atoms with van der Waals surface area (Å²) in [5, 5.41) is 7.54. The molecule has 5 nitrogen and oxygen atoms in total. The van der Waals surface area contributed by atoms with Crippen LogP contribution < -0.4 is 15.4 Å². The zero-order chi connectivity index (χ0) is 19.1. The van der Waals surface area contributed by atoms with E-state index in [-0.39, 0.29) is 25.0 Å². The van der Waals surface area contributed by atoms with Crippen molar-refractivity contribution in [2.75, 3.05) is 18.5 Å². The van der Waals surface area contributed by atoms with Crippen LogP contribution in [0.1, 0.15) is 12.5 Å². The van der Waals surface area contributed by atoms with Crippen LogP contribution >= 0.6 is 0 Å². The zero-order valence-electron chi connectivity index (χ0n) is 15.2. The molecule has 3 aromatic carbocycles. The Kier molecular flexibility index (Phi) is 6.05. The standard InChI is InChI=1S/C22H22N2O3/c1-2-16-7-5-6-10-20(16)24-21(25)14-23-22(26)15-27-19-12-11-17-8-3-4-9-18(17)13-19/h3-13H,2,14-15H2,1H3,(H,23,26)(H,24,25). The van der Waals surface area contributed by atoms with Crippen LogP contribution in [-0.2, 0) is 16.0 Å². The van der Waals surface area contributed by atoms with E-state index in [9.17, 15) is 9.59 Å². The van der Waals surface area contributed by atoms with E-state index in [2.05, 4.69) is 10.6 Å². The van der Waals surface area contributed by atoms with Crippen molar-refractivity contribution in [3.63, 3.8) is 0 Å². The van der Waals surface area contributed by atoms with E-state index in [1.54, 1.807) is 0 Å². The fraction of sp³-hybridized carbons (Fsp3) is 0.182. The molecule has 0 aliphatic carbocycles. The highest BCUT2D eigenvalue weighted by Gasteiger charge is 2.08. The Morgan fingerprint density at radius 2 is 1.63 bits per heavy atom. The first-order valence-electron chi connectivity index (χ1n) is 8.92. The number of hydrogen-bond acceptors (Lipinski definition) is 3. The molecule has 5 heteroatoms. The summed E-state index contributed by atoms with van der Waals surface area (Å²) in [5.74, 6) is 0.00205. The second-order valence-electron chi connectivity index (χ2n) is 6.13. The topological polar surface area (TPSA) is 67.4 Å². The van der Waals surface area contributed by atoms with Crippen LogP contribution in [0, 0.1) is 0 Å². The number of benzene rings is 3. The molecular weight excluding hydrogens is 340 g/mol. The van der Waals surface area contributed by atoms with Crippen molar-refractivity contribution in [1.82, 2.24) is 5.32 Å². The average molecular weight is 362 g/mol. The molecular formula is C22H22N2O3. The van der Waals surface area contributed by atoms with Gasteiger partial charge in [0, 0.05) is 5.69 Å². The molecule has 0 aliphatic heterocycles. The molecule has 0 aromatic heterocycles. The second kappa shape index (κ2) is 8.85. The lowest BCUT2D eigenvalue weighted by molar-refractivity contribution is -0.125. The first-order valence-corrected chi connectivity index (χ1v) is 8.92. The third-order valence-corrected chi connectivity index (χ3v) is 4.21. The number of nitrogens with one attached hydrogen (secondary N) is 2. The highest BCUT2D eigenvalue weighted by Crippen LogP contribution is 2.20. The van der Waals surface area contributed by atoms with Gasteiger partial charge in [-0.1, -0.05) is 55.5 Å². The van der Waals surface area contributed by atoms with E-state index in [0.717, 1.165) is 28.4 Å². The molecule has 0 aliphatic rings. The second-order valence-corrected chi connectivity index (χ2v) is 6.13. The van der Waals surface area contributed by atoms with Gasteiger partial charge in [-0.2, -0.15) is 0 Å². The van der Waals surface area contributed by atoms with Gasteiger partial charge in [0.05, 0.1) is 6.54 Å². The van der Waals surface area contributed by atoms with E-state index in [0.29, 0.717) is 5.75 Å². The van der Waals surface area contributed by atoms with Crippen molar-refractivity contribution in [2.24, 2.45) is 0 Å². The molecule has 2 N–H and O–H groups in total. The minimum Gasteiger partial charge on any atom is -0.484 e. The summed E-state index contributed by atoms with van der Waals surface area (Å²) in [7, 11) is 0. The number of para-hydroxylation sites is 1. The number of carbonyl (C=O) groups is 2. The Bertz CT molecular complexity index is 953.